The fourth-order valence-corrected chi connectivity index (χ4v) is 1.74. The summed E-state index contributed by atoms with van der Waals surface area (Å²) in [5.74, 6) is 0. The fourth-order valence-electron chi connectivity index (χ4n) is 1.74. The molecule has 0 aliphatic heterocycles. The Balaban J connectivity index is 2.11. The molecule has 0 aliphatic carbocycles. The van der Waals surface area contributed by atoms with E-state index >= 15 is 0 Å². The molecule has 0 atom stereocenters. The van der Waals surface area contributed by atoms with Crippen LogP contribution in [0.4, 0.5) is 5.69 Å². The SMILES string of the molecule is CN(C)c1ccc(C=Cc2ccc(C#N)cc2)cc1. The fraction of sp³-hybridized carbons (Fsp3) is 0.118. The van der Waals surface area contributed by atoms with E-state index in [4.69, 9.17) is 5.26 Å². The summed E-state index contributed by atoms with van der Waals surface area (Å²) < 4.78 is 0. The second kappa shape index (κ2) is 5.88. The highest BCUT2D eigenvalue weighted by atomic mass is 15.1. The standard InChI is InChI=1S/C17H16N2/c1-19(2)17-11-9-15(10-12-17)4-3-14-5-7-16(13-18)8-6-14/h3-12H,1-2H3. The lowest BCUT2D eigenvalue weighted by atomic mass is 10.1. The third-order valence-corrected chi connectivity index (χ3v) is 2.92. The highest BCUT2D eigenvalue weighted by molar-refractivity contribution is 5.70. The molecule has 0 radical (unpaired) electrons. The smallest absolute Gasteiger partial charge is 0.0991 e. The summed E-state index contributed by atoms with van der Waals surface area (Å²) in [5, 5.41) is 8.74. The number of nitriles is 1. The van der Waals surface area contributed by atoms with Crippen molar-refractivity contribution < 1.29 is 0 Å². The Morgan fingerprint density at radius 1 is 0.842 bits per heavy atom. The average Bonchev–Trinajstić information content (AvgIpc) is 2.46. The minimum Gasteiger partial charge on any atom is -0.378 e. The van der Waals surface area contributed by atoms with E-state index in [9.17, 15) is 0 Å². The Kier molecular flexibility index (Phi) is 4.00. The molecule has 0 amide bonds. The molecule has 0 heterocycles. The molecule has 2 aromatic rings. The predicted octanol–water partition coefficient (Wildman–Crippen LogP) is 3.79. The van der Waals surface area contributed by atoms with E-state index in [1.807, 2.05) is 44.4 Å². The molecule has 2 rings (SSSR count). The maximum Gasteiger partial charge on any atom is 0.0991 e. The second-order valence-corrected chi connectivity index (χ2v) is 4.55. The number of hydrogen-bond donors (Lipinski definition) is 0. The zero-order valence-electron chi connectivity index (χ0n) is 11.2. The molecular weight excluding hydrogens is 232 g/mol. The van der Waals surface area contributed by atoms with E-state index in [1.54, 1.807) is 0 Å². The van der Waals surface area contributed by atoms with Crippen molar-refractivity contribution in [2.75, 3.05) is 19.0 Å². The van der Waals surface area contributed by atoms with Crippen LogP contribution in [0, 0.1) is 11.3 Å². The summed E-state index contributed by atoms with van der Waals surface area (Å²) in [7, 11) is 4.06. The van der Waals surface area contributed by atoms with Gasteiger partial charge >= 0.3 is 0 Å². The molecule has 94 valence electrons. The number of rotatable bonds is 3. The Bertz CT molecular complexity index is 599. The number of benzene rings is 2. The van der Waals surface area contributed by atoms with Crippen LogP contribution in [0.25, 0.3) is 12.2 Å². The molecule has 0 unspecified atom stereocenters. The molecule has 0 bridgehead atoms. The van der Waals surface area contributed by atoms with Crippen molar-refractivity contribution in [1.29, 1.82) is 5.26 Å². The summed E-state index contributed by atoms with van der Waals surface area (Å²) in [5.41, 5.74) is 4.13. The van der Waals surface area contributed by atoms with Crippen LogP contribution < -0.4 is 4.90 Å². The van der Waals surface area contributed by atoms with Crippen molar-refractivity contribution in [3.05, 3.63) is 65.2 Å². The van der Waals surface area contributed by atoms with Crippen molar-refractivity contribution in [3.8, 4) is 6.07 Å². The zero-order valence-corrected chi connectivity index (χ0v) is 11.2. The van der Waals surface area contributed by atoms with Gasteiger partial charge in [-0.25, -0.2) is 0 Å². The predicted molar refractivity (Wildman–Crippen MR) is 80.9 cm³/mol. The van der Waals surface area contributed by atoms with Gasteiger partial charge in [0.05, 0.1) is 11.6 Å². The van der Waals surface area contributed by atoms with E-state index in [2.05, 4.69) is 41.3 Å². The van der Waals surface area contributed by atoms with Gasteiger partial charge in [0.1, 0.15) is 0 Å². The highest BCUT2D eigenvalue weighted by Crippen LogP contribution is 2.14. The Morgan fingerprint density at radius 3 is 1.74 bits per heavy atom. The first kappa shape index (κ1) is 12.9. The number of hydrogen-bond acceptors (Lipinski definition) is 2. The van der Waals surface area contributed by atoms with E-state index in [0.717, 1.165) is 11.1 Å². The van der Waals surface area contributed by atoms with E-state index in [0.29, 0.717) is 5.56 Å². The van der Waals surface area contributed by atoms with Crippen molar-refractivity contribution in [2.45, 2.75) is 0 Å². The van der Waals surface area contributed by atoms with Crippen LogP contribution in [0.15, 0.2) is 48.5 Å². The van der Waals surface area contributed by atoms with Crippen molar-refractivity contribution in [1.82, 2.24) is 0 Å². The Morgan fingerprint density at radius 2 is 1.32 bits per heavy atom. The van der Waals surface area contributed by atoms with Gasteiger partial charge in [-0.15, -0.1) is 0 Å². The van der Waals surface area contributed by atoms with Gasteiger partial charge in [-0.05, 0) is 35.4 Å². The second-order valence-electron chi connectivity index (χ2n) is 4.55. The van der Waals surface area contributed by atoms with Gasteiger partial charge in [0, 0.05) is 19.8 Å². The number of anilines is 1. The van der Waals surface area contributed by atoms with E-state index in [-0.39, 0.29) is 0 Å². The van der Waals surface area contributed by atoms with Crippen LogP contribution in [-0.2, 0) is 0 Å². The lowest BCUT2D eigenvalue weighted by Crippen LogP contribution is -2.07. The molecule has 19 heavy (non-hydrogen) atoms. The maximum absolute atomic E-state index is 8.74. The zero-order chi connectivity index (χ0) is 13.7. The van der Waals surface area contributed by atoms with Crippen LogP contribution in [0.3, 0.4) is 0 Å². The Hall–Kier alpha value is -2.53. The van der Waals surface area contributed by atoms with Crippen LogP contribution in [0.2, 0.25) is 0 Å². The van der Waals surface area contributed by atoms with Gasteiger partial charge in [-0.2, -0.15) is 5.26 Å². The summed E-state index contributed by atoms with van der Waals surface area (Å²) in [6, 6.07) is 18.0. The molecule has 0 fully saturated rings. The molecule has 0 saturated carbocycles. The van der Waals surface area contributed by atoms with Gasteiger partial charge in [0.15, 0.2) is 0 Å². The average molecular weight is 248 g/mol. The third-order valence-electron chi connectivity index (χ3n) is 2.92. The molecule has 0 aromatic heterocycles. The highest BCUT2D eigenvalue weighted by Gasteiger charge is 1.94. The van der Waals surface area contributed by atoms with Crippen LogP contribution >= 0.6 is 0 Å². The molecule has 0 spiro atoms. The first-order valence-electron chi connectivity index (χ1n) is 6.15. The summed E-state index contributed by atoms with van der Waals surface area (Å²) in [4.78, 5) is 2.08. The van der Waals surface area contributed by atoms with Gasteiger partial charge < -0.3 is 4.90 Å². The van der Waals surface area contributed by atoms with Crippen LogP contribution in [-0.4, -0.2) is 14.1 Å². The largest absolute Gasteiger partial charge is 0.378 e. The number of nitrogens with zero attached hydrogens (tertiary/aromatic N) is 2. The molecule has 2 heteroatoms. The van der Waals surface area contributed by atoms with Crippen molar-refractivity contribution in [3.63, 3.8) is 0 Å². The van der Waals surface area contributed by atoms with E-state index < -0.39 is 0 Å². The molecule has 0 saturated heterocycles. The lowest BCUT2D eigenvalue weighted by Gasteiger charge is -2.11. The van der Waals surface area contributed by atoms with Crippen LogP contribution in [0.5, 0.6) is 0 Å². The molecule has 2 aromatic carbocycles. The van der Waals surface area contributed by atoms with E-state index in [1.165, 1.54) is 5.69 Å². The maximum atomic E-state index is 8.74. The Labute approximate surface area is 114 Å². The first-order chi connectivity index (χ1) is 9.19. The molecule has 0 N–H and O–H groups in total. The minimum atomic E-state index is 0.687. The quantitative estimate of drug-likeness (QED) is 0.773. The summed E-state index contributed by atoms with van der Waals surface area (Å²) in [6.45, 7) is 0. The van der Waals surface area contributed by atoms with Gasteiger partial charge in [0.25, 0.3) is 0 Å². The molecular formula is C17H16N2. The monoisotopic (exact) mass is 248 g/mol. The topological polar surface area (TPSA) is 27.0 Å². The molecule has 2 nitrogen and oxygen atoms in total. The van der Waals surface area contributed by atoms with Gasteiger partial charge in [-0.3, -0.25) is 0 Å². The third kappa shape index (κ3) is 3.46. The minimum absolute atomic E-state index is 0.687. The summed E-state index contributed by atoms with van der Waals surface area (Å²) in [6.07, 6.45) is 4.12. The normalized spacial score (nSPS) is 10.4. The van der Waals surface area contributed by atoms with Crippen molar-refractivity contribution in [2.24, 2.45) is 0 Å². The molecule has 0 aliphatic rings. The van der Waals surface area contributed by atoms with Gasteiger partial charge in [-0.1, -0.05) is 36.4 Å². The summed E-state index contributed by atoms with van der Waals surface area (Å²) >= 11 is 0. The lowest BCUT2D eigenvalue weighted by molar-refractivity contribution is 1.13. The first-order valence-corrected chi connectivity index (χ1v) is 6.15. The van der Waals surface area contributed by atoms with Gasteiger partial charge in [0.2, 0.25) is 0 Å². The van der Waals surface area contributed by atoms with Crippen molar-refractivity contribution >= 4 is 17.8 Å². The van der Waals surface area contributed by atoms with Crippen LogP contribution in [0.1, 0.15) is 16.7 Å².